The number of rotatable bonds is 4. The SMILES string of the molecule is C/C(=N\O)c1cccc(NC(=O)C(C)(C)c2ccccc2)c1. The molecule has 0 radical (unpaired) electrons. The largest absolute Gasteiger partial charge is 0.411 e. The Balaban J connectivity index is 2.22. The minimum atomic E-state index is -0.641. The summed E-state index contributed by atoms with van der Waals surface area (Å²) in [6.45, 7) is 5.48. The average molecular weight is 296 g/mol. The Bertz CT molecular complexity index is 691. The predicted octanol–water partition coefficient (Wildman–Crippen LogP) is 3.80. The number of oxime groups is 1. The van der Waals surface area contributed by atoms with Crippen LogP contribution in [0.1, 0.15) is 31.9 Å². The number of nitrogens with one attached hydrogen (secondary N) is 1. The van der Waals surface area contributed by atoms with Crippen LogP contribution in [-0.4, -0.2) is 16.8 Å². The molecule has 0 spiro atoms. The Labute approximate surface area is 130 Å². The molecular weight excluding hydrogens is 276 g/mol. The number of hydrogen-bond acceptors (Lipinski definition) is 3. The molecule has 2 N–H and O–H groups in total. The predicted molar refractivity (Wildman–Crippen MR) is 88.5 cm³/mol. The molecule has 4 nitrogen and oxygen atoms in total. The lowest BCUT2D eigenvalue weighted by Crippen LogP contribution is -2.34. The minimum Gasteiger partial charge on any atom is -0.411 e. The van der Waals surface area contributed by atoms with Crippen LogP contribution in [0.4, 0.5) is 5.69 Å². The van der Waals surface area contributed by atoms with E-state index in [1.807, 2.05) is 62.4 Å². The number of benzene rings is 2. The molecule has 22 heavy (non-hydrogen) atoms. The molecule has 2 rings (SSSR count). The fraction of sp³-hybridized carbons (Fsp3) is 0.222. The van der Waals surface area contributed by atoms with E-state index in [2.05, 4.69) is 10.5 Å². The van der Waals surface area contributed by atoms with Gasteiger partial charge in [0.15, 0.2) is 0 Å². The maximum Gasteiger partial charge on any atom is 0.234 e. The zero-order valence-corrected chi connectivity index (χ0v) is 13.0. The van der Waals surface area contributed by atoms with Crippen molar-refractivity contribution in [3.63, 3.8) is 0 Å². The highest BCUT2D eigenvalue weighted by Crippen LogP contribution is 2.25. The maximum atomic E-state index is 12.6. The van der Waals surface area contributed by atoms with Gasteiger partial charge in [0.2, 0.25) is 5.91 Å². The molecule has 0 atom stereocenters. The third-order valence-electron chi connectivity index (χ3n) is 3.75. The molecule has 0 bridgehead atoms. The number of anilines is 1. The van der Waals surface area contributed by atoms with Gasteiger partial charge in [0.1, 0.15) is 0 Å². The molecular formula is C18H20N2O2. The van der Waals surface area contributed by atoms with Gasteiger partial charge in [-0.1, -0.05) is 47.6 Å². The van der Waals surface area contributed by atoms with E-state index < -0.39 is 5.41 Å². The summed E-state index contributed by atoms with van der Waals surface area (Å²) < 4.78 is 0. The van der Waals surface area contributed by atoms with Crippen LogP contribution < -0.4 is 5.32 Å². The fourth-order valence-corrected chi connectivity index (χ4v) is 2.15. The van der Waals surface area contributed by atoms with Crippen molar-refractivity contribution in [2.45, 2.75) is 26.2 Å². The highest BCUT2D eigenvalue weighted by Gasteiger charge is 2.29. The smallest absolute Gasteiger partial charge is 0.234 e. The summed E-state index contributed by atoms with van der Waals surface area (Å²) >= 11 is 0. The molecule has 0 saturated heterocycles. The van der Waals surface area contributed by atoms with Gasteiger partial charge >= 0.3 is 0 Å². The lowest BCUT2D eigenvalue weighted by Gasteiger charge is -2.24. The van der Waals surface area contributed by atoms with Crippen LogP contribution in [0, 0.1) is 0 Å². The number of nitrogens with zero attached hydrogens (tertiary/aromatic N) is 1. The molecule has 0 aliphatic rings. The second kappa shape index (κ2) is 6.43. The van der Waals surface area contributed by atoms with Gasteiger partial charge in [0, 0.05) is 11.3 Å². The first-order chi connectivity index (χ1) is 10.4. The number of carbonyl (C=O) groups excluding carboxylic acids is 1. The molecule has 114 valence electrons. The van der Waals surface area contributed by atoms with Crippen LogP contribution in [-0.2, 0) is 10.2 Å². The standard InChI is InChI=1S/C18H20N2O2/c1-13(20-22)14-8-7-11-16(12-14)19-17(21)18(2,3)15-9-5-4-6-10-15/h4-12,22H,1-3H3,(H,19,21)/b20-13+. The van der Waals surface area contributed by atoms with Gasteiger partial charge in [-0.05, 0) is 38.5 Å². The first-order valence-electron chi connectivity index (χ1n) is 7.11. The molecule has 2 aromatic rings. The molecule has 0 aliphatic heterocycles. The minimum absolute atomic E-state index is 0.0885. The third kappa shape index (κ3) is 3.34. The van der Waals surface area contributed by atoms with Crippen molar-refractivity contribution in [2.75, 3.05) is 5.32 Å². The van der Waals surface area contributed by atoms with E-state index in [0.29, 0.717) is 11.4 Å². The second-order valence-corrected chi connectivity index (χ2v) is 5.71. The first kappa shape index (κ1) is 15.8. The third-order valence-corrected chi connectivity index (χ3v) is 3.75. The van der Waals surface area contributed by atoms with Gasteiger partial charge in [-0.3, -0.25) is 4.79 Å². The number of amides is 1. The molecule has 2 aromatic carbocycles. The van der Waals surface area contributed by atoms with E-state index in [-0.39, 0.29) is 5.91 Å². The topological polar surface area (TPSA) is 61.7 Å². The van der Waals surface area contributed by atoms with Crippen molar-refractivity contribution in [3.8, 4) is 0 Å². The van der Waals surface area contributed by atoms with Crippen molar-refractivity contribution >= 4 is 17.3 Å². The van der Waals surface area contributed by atoms with Crippen molar-refractivity contribution in [3.05, 3.63) is 65.7 Å². The van der Waals surface area contributed by atoms with Crippen molar-refractivity contribution in [2.24, 2.45) is 5.16 Å². The number of hydrogen-bond donors (Lipinski definition) is 2. The van der Waals surface area contributed by atoms with Gasteiger partial charge in [0.25, 0.3) is 0 Å². The molecule has 0 aliphatic carbocycles. The average Bonchev–Trinajstić information content (AvgIpc) is 2.55. The van der Waals surface area contributed by atoms with E-state index >= 15 is 0 Å². The van der Waals surface area contributed by atoms with E-state index in [4.69, 9.17) is 5.21 Å². The highest BCUT2D eigenvalue weighted by molar-refractivity contribution is 6.02. The van der Waals surface area contributed by atoms with Gasteiger partial charge in [-0.2, -0.15) is 0 Å². The van der Waals surface area contributed by atoms with Crippen LogP contribution in [0.15, 0.2) is 59.8 Å². The van der Waals surface area contributed by atoms with Crippen LogP contribution in [0.3, 0.4) is 0 Å². The Kier molecular flexibility index (Phi) is 4.61. The zero-order chi connectivity index (χ0) is 16.2. The van der Waals surface area contributed by atoms with Crippen molar-refractivity contribution < 1.29 is 10.0 Å². The van der Waals surface area contributed by atoms with E-state index in [0.717, 1.165) is 11.1 Å². The summed E-state index contributed by atoms with van der Waals surface area (Å²) in [7, 11) is 0. The van der Waals surface area contributed by atoms with Crippen LogP contribution in [0.25, 0.3) is 0 Å². The lowest BCUT2D eigenvalue weighted by atomic mass is 9.83. The second-order valence-electron chi connectivity index (χ2n) is 5.71. The highest BCUT2D eigenvalue weighted by atomic mass is 16.4. The maximum absolute atomic E-state index is 12.6. The Hall–Kier alpha value is -2.62. The lowest BCUT2D eigenvalue weighted by molar-refractivity contribution is -0.120. The van der Waals surface area contributed by atoms with Crippen LogP contribution >= 0.6 is 0 Å². The Morgan fingerprint density at radius 1 is 1.09 bits per heavy atom. The van der Waals surface area contributed by atoms with Gasteiger partial charge in [-0.15, -0.1) is 0 Å². The summed E-state index contributed by atoms with van der Waals surface area (Å²) in [4.78, 5) is 12.6. The van der Waals surface area contributed by atoms with Crippen LogP contribution in [0.2, 0.25) is 0 Å². The van der Waals surface area contributed by atoms with Gasteiger partial charge in [0.05, 0.1) is 11.1 Å². The Morgan fingerprint density at radius 3 is 2.41 bits per heavy atom. The van der Waals surface area contributed by atoms with Crippen molar-refractivity contribution in [1.29, 1.82) is 0 Å². The van der Waals surface area contributed by atoms with E-state index in [1.54, 1.807) is 13.0 Å². The van der Waals surface area contributed by atoms with Crippen LogP contribution in [0.5, 0.6) is 0 Å². The fourth-order valence-electron chi connectivity index (χ4n) is 2.15. The monoisotopic (exact) mass is 296 g/mol. The Morgan fingerprint density at radius 2 is 1.77 bits per heavy atom. The summed E-state index contributed by atoms with van der Waals surface area (Å²) in [5.41, 5.74) is 2.25. The van der Waals surface area contributed by atoms with Crippen molar-refractivity contribution in [1.82, 2.24) is 0 Å². The summed E-state index contributed by atoms with van der Waals surface area (Å²) in [5, 5.41) is 14.9. The molecule has 0 heterocycles. The molecule has 0 saturated carbocycles. The summed E-state index contributed by atoms with van der Waals surface area (Å²) in [5.74, 6) is -0.0885. The van der Waals surface area contributed by atoms with Gasteiger partial charge in [-0.25, -0.2) is 0 Å². The molecule has 0 unspecified atom stereocenters. The normalized spacial score (nSPS) is 12.0. The zero-order valence-electron chi connectivity index (χ0n) is 13.0. The summed E-state index contributed by atoms with van der Waals surface area (Å²) in [6.07, 6.45) is 0. The summed E-state index contributed by atoms with van der Waals surface area (Å²) in [6, 6.07) is 16.9. The quantitative estimate of drug-likeness (QED) is 0.512. The van der Waals surface area contributed by atoms with E-state index in [9.17, 15) is 4.79 Å². The van der Waals surface area contributed by atoms with E-state index in [1.165, 1.54) is 0 Å². The first-order valence-corrected chi connectivity index (χ1v) is 7.11. The van der Waals surface area contributed by atoms with Gasteiger partial charge < -0.3 is 10.5 Å². The number of carbonyl (C=O) groups is 1. The molecule has 0 fully saturated rings. The molecule has 0 aromatic heterocycles. The molecule has 4 heteroatoms. The molecule has 1 amide bonds.